The van der Waals surface area contributed by atoms with E-state index in [1.54, 1.807) is 41.3 Å². The SMILES string of the molecule is CCCOc1ccc(NC(=O)C[C@H]2C(=O)N(CC)C(=S)N2Cc2ccc(F)cc2)cc1. The second kappa shape index (κ2) is 10.3. The Morgan fingerprint density at radius 2 is 1.81 bits per heavy atom. The second-order valence-corrected chi connectivity index (χ2v) is 7.63. The first-order chi connectivity index (χ1) is 14.9. The maximum atomic E-state index is 13.2. The van der Waals surface area contributed by atoms with E-state index >= 15 is 0 Å². The molecule has 3 rings (SSSR count). The third-order valence-electron chi connectivity index (χ3n) is 4.98. The minimum atomic E-state index is -0.704. The van der Waals surface area contributed by atoms with Crippen LogP contribution >= 0.6 is 12.2 Å². The van der Waals surface area contributed by atoms with Crippen LogP contribution in [0.25, 0.3) is 0 Å². The maximum absolute atomic E-state index is 13.2. The van der Waals surface area contributed by atoms with Crippen LogP contribution in [0, 0.1) is 5.82 Å². The monoisotopic (exact) mass is 443 g/mol. The van der Waals surface area contributed by atoms with Gasteiger partial charge in [-0.2, -0.15) is 0 Å². The minimum absolute atomic E-state index is 0.0370. The summed E-state index contributed by atoms with van der Waals surface area (Å²) in [5.41, 5.74) is 1.43. The summed E-state index contributed by atoms with van der Waals surface area (Å²) in [4.78, 5) is 28.8. The normalized spacial score (nSPS) is 16.0. The molecule has 164 valence electrons. The number of thiocarbonyl (C=S) groups is 1. The number of rotatable bonds is 9. The first-order valence-corrected chi connectivity index (χ1v) is 10.7. The number of hydrogen-bond donors (Lipinski definition) is 1. The molecule has 2 aromatic carbocycles. The van der Waals surface area contributed by atoms with Gasteiger partial charge in [0.2, 0.25) is 5.91 Å². The van der Waals surface area contributed by atoms with Crippen LogP contribution in [0.3, 0.4) is 0 Å². The Bertz CT molecular complexity index is 934. The lowest BCUT2D eigenvalue weighted by Crippen LogP contribution is -2.37. The molecule has 2 aromatic rings. The van der Waals surface area contributed by atoms with E-state index in [0.29, 0.717) is 30.5 Å². The van der Waals surface area contributed by atoms with Gasteiger partial charge in [-0.3, -0.25) is 14.5 Å². The van der Waals surface area contributed by atoms with Crippen LogP contribution < -0.4 is 10.1 Å². The van der Waals surface area contributed by atoms with Crippen LogP contribution in [0.5, 0.6) is 5.75 Å². The van der Waals surface area contributed by atoms with E-state index in [1.807, 2.05) is 13.8 Å². The number of carbonyl (C=O) groups excluding carboxylic acids is 2. The predicted octanol–water partition coefficient (Wildman–Crippen LogP) is 3.96. The lowest BCUT2D eigenvalue weighted by atomic mass is 10.1. The quantitative estimate of drug-likeness (QED) is 0.595. The van der Waals surface area contributed by atoms with Gasteiger partial charge in [0, 0.05) is 18.8 Å². The number of likely N-dealkylation sites (N-methyl/N-ethyl adjacent to an activating group) is 1. The van der Waals surface area contributed by atoms with E-state index in [9.17, 15) is 14.0 Å². The lowest BCUT2D eigenvalue weighted by Gasteiger charge is -2.24. The summed E-state index contributed by atoms with van der Waals surface area (Å²) in [6.45, 7) is 5.25. The molecule has 1 aliphatic rings. The van der Waals surface area contributed by atoms with E-state index in [-0.39, 0.29) is 24.1 Å². The summed E-state index contributed by atoms with van der Waals surface area (Å²) >= 11 is 5.48. The van der Waals surface area contributed by atoms with Gasteiger partial charge in [0.15, 0.2) is 5.11 Å². The lowest BCUT2D eigenvalue weighted by molar-refractivity contribution is -0.130. The van der Waals surface area contributed by atoms with E-state index in [4.69, 9.17) is 17.0 Å². The van der Waals surface area contributed by atoms with Crippen molar-refractivity contribution < 1.29 is 18.7 Å². The van der Waals surface area contributed by atoms with E-state index in [2.05, 4.69) is 5.32 Å². The molecule has 6 nitrogen and oxygen atoms in total. The molecule has 0 aliphatic carbocycles. The highest BCUT2D eigenvalue weighted by molar-refractivity contribution is 7.80. The van der Waals surface area contributed by atoms with Crippen molar-refractivity contribution in [2.45, 2.75) is 39.3 Å². The van der Waals surface area contributed by atoms with Crippen LogP contribution in [0.4, 0.5) is 10.1 Å². The zero-order valence-electron chi connectivity index (χ0n) is 17.6. The fourth-order valence-corrected chi connectivity index (χ4v) is 3.80. The fraction of sp³-hybridized carbons (Fsp3) is 0.348. The minimum Gasteiger partial charge on any atom is -0.494 e. The second-order valence-electron chi connectivity index (χ2n) is 7.26. The Morgan fingerprint density at radius 1 is 1.13 bits per heavy atom. The molecule has 2 amide bonds. The fourth-order valence-electron chi connectivity index (χ4n) is 3.39. The molecule has 1 aliphatic heterocycles. The molecule has 0 saturated carbocycles. The number of amides is 2. The van der Waals surface area contributed by atoms with Crippen molar-refractivity contribution in [3.8, 4) is 5.75 Å². The third-order valence-corrected chi connectivity index (χ3v) is 5.43. The Morgan fingerprint density at radius 3 is 2.42 bits per heavy atom. The Kier molecular flexibility index (Phi) is 7.57. The van der Waals surface area contributed by atoms with Gasteiger partial charge in [-0.15, -0.1) is 0 Å². The molecule has 1 atom stereocenters. The van der Waals surface area contributed by atoms with Gasteiger partial charge in [0.25, 0.3) is 5.91 Å². The Labute approximate surface area is 187 Å². The van der Waals surface area contributed by atoms with Crippen molar-refractivity contribution in [1.29, 1.82) is 0 Å². The van der Waals surface area contributed by atoms with Gasteiger partial charge in [-0.25, -0.2) is 4.39 Å². The summed E-state index contributed by atoms with van der Waals surface area (Å²) in [7, 11) is 0. The standard InChI is InChI=1S/C23H26FN3O3S/c1-3-13-30-19-11-9-18(10-12-19)25-21(28)14-20-22(29)26(4-2)23(31)27(20)15-16-5-7-17(24)8-6-16/h5-12,20H,3-4,13-15H2,1-2H3,(H,25,28)/t20-/m0/s1. The molecule has 0 spiro atoms. The molecule has 0 unspecified atom stereocenters. The Hall–Kier alpha value is -3.00. The number of nitrogens with zero attached hydrogens (tertiary/aromatic N) is 2. The van der Waals surface area contributed by atoms with Crippen LogP contribution in [-0.2, 0) is 16.1 Å². The maximum Gasteiger partial charge on any atom is 0.252 e. The first kappa shape index (κ1) is 22.7. The number of halogens is 1. The third kappa shape index (κ3) is 5.58. The summed E-state index contributed by atoms with van der Waals surface area (Å²) in [5.74, 6) is -0.0835. The van der Waals surface area contributed by atoms with Gasteiger partial charge in [-0.1, -0.05) is 19.1 Å². The van der Waals surface area contributed by atoms with E-state index in [0.717, 1.165) is 17.7 Å². The van der Waals surface area contributed by atoms with Gasteiger partial charge in [0.1, 0.15) is 17.6 Å². The number of anilines is 1. The van der Waals surface area contributed by atoms with Gasteiger partial charge in [-0.05, 0) is 67.5 Å². The molecule has 0 radical (unpaired) electrons. The van der Waals surface area contributed by atoms with Crippen molar-refractivity contribution in [1.82, 2.24) is 9.80 Å². The molecule has 0 aromatic heterocycles. The molecule has 0 bridgehead atoms. The van der Waals surface area contributed by atoms with Gasteiger partial charge < -0.3 is 15.0 Å². The van der Waals surface area contributed by atoms with Gasteiger partial charge in [0.05, 0.1) is 13.0 Å². The summed E-state index contributed by atoms with van der Waals surface area (Å²) in [5, 5.41) is 3.21. The molecular formula is C23H26FN3O3S. The molecule has 31 heavy (non-hydrogen) atoms. The molecule has 1 N–H and O–H groups in total. The van der Waals surface area contributed by atoms with Crippen LogP contribution in [0.15, 0.2) is 48.5 Å². The largest absolute Gasteiger partial charge is 0.494 e. The van der Waals surface area contributed by atoms with Crippen LogP contribution in [-0.4, -0.2) is 45.9 Å². The van der Waals surface area contributed by atoms with E-state index in [1.165, 1.54) is 17.0 Å². The number of carbonyl (C=O) groups is 2. The molecule has 1 heterocycles. The number of hydrogen-bond acceptors (Lipinski definition) is 4. The van der Waals surface area contributed by atoms with Crippen LogP contribution in [0.1, 0.15) is 32.3 Å². The number of nitrogens with one attached hydrogen (secondary N) is 1. The van der Waals surface area contributed by atoms with Gasteiger partial charge >= 0.3 is 0 Å². The van der Waals surface area contributed by atoms with Crippen molar-refractivity contribution in [2.75, 3.05) is 18.5 Å². The summed E-state index contributed by atoms with van der Waals surface area (Å²) in [6, 6.07) is 12.4. The zero-order valence-corrected chi connectivity index (χ0v) is 18.5. The molecule has 8 heteroatoms. The summed E-state index contributed by atoms with van der Waals surface area (Å²) < 4.78 is 18.8. The topological polar surface area (TPSA) is 61.9 Å². The van der Waals surface area contributed by atoms with Crippen molar-refractivity contribution in [3.05, 3.63) is 59.9 Å². The van der Waals surface area contributed by atoms with E-state index < -0.39 is 6.04 Å². The number of ether oxygens (including phenoxy) is 1. The van der Waals surface area contributed by atoms with Crippen molar-refractivity contribution in [3.63, 3.8) is 0 Å². The Balaban J connectivity index is 1.68. The highest BCUT2D eigenvalue weighted by Gasteiger charge is 2.42. The predicted molar refractivity (Wildman–Crippen MR) is 121 cm³/mol. The average Bonchev–Trinajstić information content (AvgIpc) is 2.98. The highest BCUT2D eigenvalue weighted by Crippen LogP contribution is 2.24. The van der Waals surface area contributed by atoms with Crippen LogP contribution in [0.2, 0.25) is 0 Å². The van der Waals surface area contributed by atoms with Crippen molar-refractivity contribution >= 4 is 34.8 Å². The molecule has 1 saturated heterocycles. The molecule has 1 fully saturated rings. The first-order valence-electron chi connectivity index (χ1n) is 10.3. The zero-order chi connectivity index (χ0) is 22.4. The summed E-state index contributed by atoms with van der Waals surface area (Å²) in [6.07, 6.45) is 0.879. The average molecular weight is 444 g/mol. The number of benzene rings is 2. The van der Waals surface area contributed by atoms with Crippen molar-refractivity contribution in [2.24, 2.45) is 0 Å². The highest BCUT2D eigenvalue weighted by atomic mass is 32.1. The smallest absolute Gasteiger partial charge is 0.252 e. The molecular weight excluding hydrogens is 417 g/mol.